The van der Waals surface area contributed by atoms with Gasteiger partial charge in [-0.05, 0) is 6.07 Å². The molecular formula is C9H9ClN4O. The van der Waals surface area contributed by atoms with Crippen molar-refractivity contribution in [2.24, 2.45) is 14.1 Å². The van der Waals surface area contributed by atoms with Crippen molar-refractivity contribution < 1.29 is 4.79 Å². The zero-order valence-corrected chi connectivity index (χ0v) is 9.06. The highest BCUT2D eigenvalue weighted by atomic mass is 35.5. The van der Waals surface area contributed by atoms with Crippen LogP contribution >= 0.6 is 11.6 Å². The highest BCUT2D eigenvalue weighted by Gasteiger charge is 2.19. The van der Waals surface area contributed by atoms with Gasteiger partial charge in [0, 0.05) is 20.3 Å². The molecule has 5 nitrogen and oxygen atoms in total. The summed E-state index contributed by atoms with van der Waals surface area (Å²) >= 11 is 5.86. The van der Waals surface area contributed by atoms with Gasteiger partial charge in [-0.3, -0.25) is 14.2 Å². The van der Waals surface area contributed by atoms with E-state index in [1.165, 1.54) is 10.9 Å². The van der Waals surface area contributed by atoms with E-state index in [-0.39, 0.29) is 5.78 Å². The van der Waals surface area contributed by atoms with E-state index in [0.29, 0.717) is 16.4 Å². The summed E-state index contributed by atoms with van der Waals surface area (Å²) in [4.78, 5) is 11.9. The van der Waals surface area contributed by atoms with Crippen LogP contribution in [0.5, 0.6) is 0 Å². The summed E-state index contributed by atoms with van der Waals surface area (Å²) < 4.78 is 3.01. The van der Waals surface area contributed by atoms with Gasteiger partial charge in [-0.2, -0.15) is 10.2 Å². The predicted octanol–water partition coefficient (Wildman–Crippen LogP) is 1.04. The first-order valence-corrected chi connectivity index (χ1v) is 4.69. The van der Waals surface area contributed by atoms with E-state index < -0.39 is 0 Å². The second kappa shape index (κ2) is 3.51. The summed E-state index contributed by atoms with van der Waals surface area (Å²) in [6.45, 7) is 0. The molecule has 0 amide bonds. The number of hydrogen-bond donors (Lipinski definition) is 0. The molecule has 2 aromatic heterocycles. The Balaban J connectivity index is 2.45. The highest BCUT2D eigenvalue weighted by molar-refractivity contribution is 6.34. The minimum Gasteiger partial charge on any atom is -0.285 e. The fourth-order valence-corrected chi connectivity index (χ4v) is 1.58. The van der Waals surface area contributed by atoms with Gasteiger partial charge in [-0.1, -0.05) is 11.6 Å². The first kappa shape index (κ1) is 9.92. The summed E-state index contributed by atoms with van der Waals surface area (Å²) in [6.07, 6.45) is 3.15. The second-order valence-electron chi connectivity index (χ2n) is 3.17. The molecule has 0 aliphatic carbocycles. The van der Waals surface area contributed by atoms with E-state index in [1.807, 2.05) is 0 Å². The maximum absolute atomic E-state index is 11.9. The Morgan fingerprint density at radius 3 is 2.67 bits per heavy atom. The quantitative estimate of drug-likeness (QED) is 0.717. The van der Waals surface area contributed by atoms with Crippen molar-refractivity contribution in [3.05, 3.63) is 34.9 Å². The molecule has 0 bridgehead atoms. The molecule has 2 heterocycles. The molecule has 0 aromatic carbocycles. The van der Waals surface area contributed by atoms with Crippen LogP contribution in [0.4, 0.5) is 0 Å². The molecule has 0 spiro atoms. The maximum atomic E-state index is 11.9. The fraction of sp³-hybridized carbons (Fsp3) is 0.222. The predicted molar refractivity (Wildman–Crippen MR) is 54.9 cm³/mol. The number of hydrogen-bond acceptors (Lipinski definition) is 3. The van der Waals surface area contributed by atoms with E-state index in [9.17, 15) is 4.79 Å². The number of rotatable bonds is 2. The Hall–Kier alpha value is -1.62. The van der Waals surface area contributed by atoms with Crippen molar-refractivity contribution in [3.63, 3.8) is 0 Å². The third-order valence-corrected chi connectivity index (χ3v) is 2.33. The molecule has 0 fully saturated rings. The zero-order chi connectivity index (χ0) is 11.0. The number of carbonyl (C=O) groups excluding carboxylic acids is 1. The van der Waals surface area contributed by atoms with E-state index in [1.54, 1.807) is 31.0 Å². The number of ketones is 1. The van der Waals surface area contributed by atoms with E-state index in [4.69, 9.17) is 11.6 Å². The van der Waals surface area contributed by atoms with Crippen molar-refractivity contribution in [2.45, 2.75) is 0 Å². The van der Waals surface area contributed by atoms with Crippen LogP contribution in [0.2, 0.25) is 5.02 Å². The Morgan fingerprint density at radius 1 is 1.47 bits per heavy atom. The molecule has 2 aromatic rings. The molecule has 0 atom stereocenters. The Bertz CT molecular complexity index is 494. The Morgan fingerprint density at radius 2 is 2.20 bits per heavy atom. The summed E-state index contributed by atoms with van der Waals surface area (Å²) in [5, 5.41) is 8.26. The third kappa shape index (κ3) is 1.66. The molecule has 0 radical (unpaired) electrons. The lowest BCUT2D eigenvalue weighted by Crippen LogP contribution is -2.09. The van der Waals surface area contributed by atoms with Gasteiger partial charge in [0.2, 0.25) is 5.78 Å². The van der Waals surface area contributed by atoms with Crippen LogP contribution in [0.15, 0.2) is 18.5 Å². The smallest absolute Gasteiger partial charge is 0.232 e. The molecule has 0 aliphatic rings. The minimum absolute atomic E-state index is 0.222. The van der Waals surface area contributed by atoms with Gasteiger partial charge in [0.1, 0.15) is 11.4 Å². The zero-order valence-electron chi connectivity index (χ0n) is 8.31. The van der Waals surface area contributed by atoms with E-state index in [0.717, 1.165) is 0 Å². The van der Waals surface area contributed by atoms with Gasteiger partial charge in [0.25, 0.3) is 0 Å². The largest absolute Gasteiger partial charge is 0.285 e. The standard InChI is InChI=1S/C9H9ClN4O/c1-13-4-3-7(12-13)9(15)8-6(10)5-11-14(8)2/h3-5H,1-2H3. The first-order valence-electron chi connectivity index (χ1n) is 4.31. The van der Waals surface area contributed by atoms with Gasteiger partial charge in [0.15, 0.2) is 0 Å². The number of aromatic nitrogens is 4. The summed E-state index contributed by atoms with van der Waals surface area (Å²) in [5.41, 5.74) is 0.721. The Labute approximate surface area is 91.3 Å². The summed E-state index contributed by atoms with van der Waals surface area (Å²) in [5.74, 6) is -0.222. The first-order chi connectivity index (χ1) is 7.09. The lowest BCUT2D eigenvalue weighted by atomic mass is 10.2. The molecule has 0 saturated heterocycles. The van der Waals surface area contributed by atoms with Gasteiger partial charge in [-0.15, -0.1) is 0 Å². The molecule has 15 heavy (non-hydrogen) atoms. The lowest BCUT2D eigenvalue weighted by molar-refractivity contribution is 0.102. The molecule has 6 heteroatoms. The van der Waals surface area contributed by atoms with Gasteiger partial charge in [-0.25, -0.2) is 0 Å². The molecule has 0 unspecified atom stereocenters. The van der Waals surface area contributed by atoms with Crippen LogP contribution in [0.3, 0.4) is 0 Å². The number of carbonyl (C=O) groups is 1. The number of halogens is 1. The Kier molecular flexibility index (Phi) is 2.32. The molecule has 0 aliphatic heterocycles. The third-order valence-electron chi connectivity index (χ3n) is 2.06. The number of aryl methyl sites for hydroxylation is 2. The van der Waals surface area contributed by atoms with Crippen molar-refractivity contribution >= 4 is 17.4 Å². The van der Waals surface area contributed by atoms with E-state index >= 15 is 0 Å². The van der Waals surface area contributed by atoms with Crippen LogP contribution in [-0.2, 0) is 14.1 Å². The van der Waals surface area contributed by atoms with Gasteiger partial charge < -0.3 is 0 Å². The molecule has 78 valence electrons. The van der Waals surface area contributed by atoms with Gasteiger partial charge >= 0.3 is 0 Å². The van der Waals surface area contributed by atoms with Gasteiger partial charge in [0.05, 0.1) is 11.2 Å². The summed E-state index contributed by atoms with van der Waals surface area (Å²) in [6, 6.07) is 1.64. The molecular weight excluding hydrogens is 216 g/mol. The number of nitrogens with zero attached hydrogens (tertiary/aromatic N) is 4. The molecule has 0 N–H and O–H groups in total. The monoisotopic (exact) mass is 224 g/mol. The average molecular weight is 225 g/mol. The second-order valence-corrected chi connectivity index (χ2v) is 3.58. The van der Waals surface area contributed by atoms with Crippen molar-refractivity contribution in [3.8, 4) is 0 Å². The van der Waals surface area contributed by atoms with Crippen molar-refractivity contribution in [1.82, 2.24) is 19.6 Å². The SMILES string of the molecule is Cn1ccc(C(=O)c2c(Cl)cnn2C)n1. The lowest BCUT2D eigenvalue weighted by Gasteiger charge is -1.98. The van der Waals surface area contributed by atoms with Crippen molar-refractivity contribution in [1.29, 1.82) is 0 Å². The normalized spacial score (nSPS) is 10.6. The highest BCUT2D eigenvalue weighted by Crippen LogP contribution is 2.17. The van der Waals surface area contributed by atoms with Crippen molar-refractivity contribution in [2.75, 3.05) is 0 Å². The van der Waals surface area contributed by atoms with Crippen LogP contribution in [0.1, 0.15) is 16.2 Å². The van der Waals surface area contributed by atoms with Crippen LogP contribution in [-0.4, -0.2) is 25.3 Å². The topological polar surface area (TPSA) is 52.7 Å². The minimum atomic E-state index is -0.222. The van der Waals surface area contributed by atoms with Crippen LogP contribution in [0.25, 0.3) is 0 Å². The molecule has 2 rings (SSSR count). The fourth-order valence-electron chi connectivity index (χ4n) is 1.32. The van der Waals surface area contributed by atoms with Crippen LogP contribution < -0.4 is 0 Å². The molecule has 0 saturated carbocycles. The van der Waals surface area contributed by atoms with E-state index in [2.05, 4.69) is 10.2 Å². The maximum Gasteiger partial charge on any atom is 0.232 e. The summed E-state index contributed by atoms with van der Waals surface area (Å²) in [7, 11) is 3.42. The van der Waals surface area contributed by atoms with Crippen LogP contribution in [0, 0.1) is 0 Å². The average Bonchev–Trinajstić information content (AvgIpc) is 2.73.